The van der Waals surface area contributed by atoms with Crippen LogP contribution in [-0.4, -0.2) is 39.5 Å². The predicted octanol–water partition coefficient (Wildman–Crippen LogP) is 0.0271. The maximum atomic E-state index is 11.1. The van der Waals surface area contributed by atoms with Gasteiger partial charge in [-0.25, -0.2) is 3.11 Å². The second-order valence-corrected chi connectivity index (χ2v) is 3.68. The average molecular weight is 268 g/mol. The Labute approximate surface area is 79.0 Å². The van der Waals surface area contributed by atoms with Gasteiger partial charge in [-0.2, -0.15) is 0 Å². The second-order valence-electron chi connectivity index (χ2n) is 2.31. The molecule has 1 aliphatic heterocycles. The van der Waals surface area contributed by atoms with Gasteiger partial charge in [0, 0.05) is 29.4 Å². The summed E-state index contributed by atoms with van der Waals surface area (Å²) in [6.45, 7) is 2.99. The summed E-state index contributed by atoms with van der Waals surface area (Å²) in [6, 6.07) is 0. The minimum Gasteiger partial charge on any atom is -0.281 e. The lowest BCUT2D eigenvalue weighted by molar-refractivity contribution is -0.148. The Balaban J connectivity index is 2.67. The summed E-state index contributed by atoms with van der Waals surface area (Å²) in [5.41, 5.74) is 0. The smallest absolute Gasteiger partial charge is 0.244 e. The largest absolute Gasteiger partial charge is 0.281 e. The Kier molecular flexibility index (Phi) is 2.83. The summed E-state index contributed by atoms with van der Waals surface area (Å²) in [5.74, 6) is -0.198. The van der Waals surface area contributed by atoms with Crippen LogP contribution < -0.4 is 0 Å². The van der Waals surface area contributed by atoms with Gasteiger partial charge in [-0.3, -0.25) is 14.5 Å². The van der Waals surface area contributed by atoms with Gasteiger partial charge in [0.25, 0.3) is 0 Å². The lowest BCUT2D eigenvalue weighted by Crippen LogP contribution is -2.50. The van der Waals surface area contributed by atoms with Crippen LogP contribution in [0.2, 0.25) is 0 Å². The Morgan fingerprint density at radius 2 is 1.82 bits per heavy atom. The fourth-order valence-electron chi connectivity index (χ4n) is 1.01. The van der Waals surface area contributed by atoms with Crippen LogP contribution in [0, 0.1) is 0 Å². The highest BCUT2D eigenvalue weighted by molar-refractivity contribution is 14.1. The number of halogens is 1. The number of amides is 2. The number of piperazine rings is 1. The third-order valence-electron chi connectivity index (χ3n) is 1.53. The van der Waals surface area contributed by atoms with Crippen LogP contribution in [0.4, 0.5) is 0 Å². The molecule has 1 saturated heterocycles. The van der Waals surface area contributed by atoms with Crippen LogP contribution in [0.5, 0.6) is 0 Å². The molecule has 0 aliphatic carbocycles. The quantitative estimate of drug-likeness (QED) is 0.382. The standard InChI is InChI=1S/C6H9IN2O2/c1-2-9-5(10)3-8(7)4-6(9)11/h2-4H2,1H3. The minimum atomic E-state index is -0.0989. The van der Waals surface area contributed by atoms with Gasteiger partial charge in [-0.05, 0) is 6.92 Å². The van der Waals surface area contributed by atoms with Crippen LogP contribution in [-0.2, 0) is 9.59 Å². The molecule has 1 fully saturated rings. The number of rotatable bonds is 1. The van der Waals surface area contributed by atoms with Crippen molar-refractivity contribution < 1.29 is 9.59 Å². The molecule has 0 N–H and O–H groups in total. The number of hydrogen-bond acceptors (Lipinski definition) is 3. The third-order valence-corrected chi connectivity index (χ3v) is 2.21. The van der Waals surface area contributed by atoms with Gasteiger partial charge in [0.05, 0.1) is 13.1 Å². The van der Waals surface area contributed by atoms with Crippen LogP contribution >= 0.6 is 22.9 Å². The highest BCUT2D eigenvalue weighted by Gasteiger charge is 2.28. The molecule has 0 atom stereocenters. The van der Waals surface area contributed by atoms with Crippen LogP contribution in [0.15, 0.2) is 0 Å². The molecule has 62 valence electrons. The molecule has 11 heavy (non-hydrogen) atoms. The summed E-state index contributed by atoms with van der Waals surface area (Å²) < 4.78 is 1.69. The third kappa shape index (κ3) is 1.90. The zero-order chi connectivity index (χ0) is 8.43. The van der Waals surface area contributed by atoms with Crippen molar-refractivity contribution in [2.45, 2.75) is 6.92 Å². The Hall–Kier alpha value is -0.170. The number of hydrogen-bond donors (Lipinski definition) is 0. The summed E-state index contributed by atoms with van der Waals surface area (Å²) in [5, 5.41) is 0. The van der Waals surface area contributed by atoms with Crippen molar-refractivity contribution in [3.05, 3.63) is 0 Å². The summed E-state index contributed by atoms with van der Waals surface area (Å²) in [7, 11) is 0. The van der Waals surface area contributed by atoms with Crippen molar-refractivity contribution in [2.24, 2.45) is 0 Å². The summed E-state index contributed by atoms with van der Waals surface area (Å²) in [6.07, 6.45) is 0. The first kappa shape index (κ1) is 8.92. The lowest BCUT2D eigenvalue weighted by Gasteiger charge is -2.27. The van der Waals surface area contributed by atoms with E-state index in [0.29, 0.717) is 19.6 Å². The molecule has 0 spiro atoms. The van der Waals surface area contributed by atoms with E-state index in [4.69, 9.17) is 0 Å². The zero-order valence-corrected chi connectivity index (χ0v) is 8.37. The minimum absolute atomic E-state index is 0.0989. The molecule has 5 heteroatoms. The van der Waals surface area contributed by atoms with Crippen LogP contribution in [0.3, 0.4) is 0 Å². The lowest BCUT2D eigenvalue weighted by atomic mass is 10.3. The molecule has 0 aromatic carbocycles. The molecule has 2 amide bonds. The Morgan fingerprint density at radius 3 is 2.18 bits per heavy atom. The molecule has 0 aromatic rings. The van der Waals surface area contributed by atoms with E-state index in [1.54, 1.807) is 10.0 Å². The normalized spacial score (nSPS) is 21.1. The van der Waals surface area contributed by atoms with Crippen molar-refractivity contribution in [2.75, 3.05) is 19.6 Å². The molecule has 1 rings (SSSR count). The fraction of sp³-hybridized carbons (Fsp3) is 0.667. The van der Waals surface area contributed by atoms with Gasteiger partial charge in [-0.1, -0.05) is 0 Å². The number of carbonyl (C=O) groups is 2. The van der Waals surface area contributed by atoms with Gasteiger partial charge < -0.3 is 0 Å². The molecule has 1 heterocycles. The topological polar surface area (TPSA) is 40.6 Å². The average Bonchev–Trinajstić information content (AvgIpc) is 1.85. The SMILES string of the molecule is CCN1C(=O)CN(I)CC1=O. The predicted molar refractivity (Wildman–Crippen MR) is 48.0 cm³/mol. The van der Waals surface area contributed by atoms with Crippen molar-refractivity contribution >= 4 is 34.7 Å². The van der Waals surface area contributed by atoms with E-state index in [9.17, 15) is 9.59 Å². The first-order valence-corrected chi connectivity index (χ1v) is 4.35. The van der Waals surface area contributed by atoms with Crippen LogP contribution in [0.25, 0.3) is 0 Å². The molecule has 0 radical (unpaired) electrons. The molecule has 0 aromatic heterocycles. The second kappa shape index (κ2) is 3.48. The van der Waals surface area contributed by atoms with Gasteiger partial charge in [0.2, 0.25) is 11.8 Å². The molecule has 0 bridgehead atoms. The van der Waals surface area contributed by atoms with E-state index < -0.39 is 0 Å². The molecule has 1 aliphatic rings. The van der Waals surface area contributed by atoms with Gasteiger partial charge in [0.15, 0.2) is 0 Å². The first-order valence-electron chi connectivity index (χ1n) is 3.39. The van der Waals surface area contributed by atoms with Gasteiger partial charge >= 0.3 is 0 Å². The monoisotopic (exact) mass is 268 g/mol. The fourth-order valence-corrected chi connectivity index (χ4v) is 1.60. The first-order chi connectivity index (χ1) is 5.15. The zero-order valence-electron chi connectivity index (χ0n) is 6.21. The van der Waals surface area contributed by atoms with E-state index >= 15 is 0 Å². The highest BCUT2D eigenvalue weighted by atomic mass is 127. The number of imide groups is 1. The Bertz CT molecular complexity index is 177. The number of nitrogens with zero attached hydrogens (tertiary/aromatic N) is 2. The summed E-state index contributed by atoms with van der Waals surface area (Å²) in [4.78, 5) is 23.5. The van der Waals surface area contributed by atoms with Crippen molar-refractivity contribution in [1.29, 1.82) is 0 Å². The molecule has 0 unspecified atom stereocenters. The molecule has 4 nitrogen and oxygen atoms in total. The van der Waals surface area contributed by atoms with E-state index in [0.717, 1.165) is 0 Å². The molecular formula is C6H9IN2O2. The number of carbonyl (C=O) groups excluding carboxylic acids is 2. The number of likely N-dealkylation sites (N-methyl/N-ethyl adjacent to an activating group) is 1. The molecule has 0 saturated carbocycles. The Morgan fingerprint density at radius 1 is 1.36 bits per heavy atom. The van der Waals surface area contributed by atoms with Crippen molar-refractivity contribution in [1.82, 2.24) is 8.01 Å². The van der Waals surface area contributed by atoms with Crippen molar-refractivity contribution in [3.63, 3.8) is 0 Å². The molecular weight excluding hydrogens is 259 g/mol. The van der Waals surface area contributed by atoms with Crippen molar-refractivity contribution in [3.8, 4) is 0 Å². The maximum absolute atomic E-state index is 11.1. The maximum Gasteiger partial charge on any atom is 0.244 e. The summed E-state index contributed by atoms with van der Waals surface area (Å²) >= 11 is 1.98. The van der Waals surface area contributed by atoms with E-state index in [-0.39, 0.29) is 11.8 Å². The van der Waals surface area contributed by atoms with E-state index in [2.05, 4.69) is 0 Å². The van der Waals surface area contributed by atoms with Crippen LogP contribution in [0.1, 0.15) is 6.92 Å². The van der Waals surface area contributed by atoms with E-state index in [1.165, 1.54) is 4.90 Å². The van der Waals surface area contributed by atoms with Gasteiger partial charge in [0.1, 0.15) is 0 Å². The van der Waals surface area contributed by atoms with Gasteiger partial charge in [-0.15, -0.1) is 0 Å². The highest BCUT2D eigenvalue weighted by Crippen LogP contribution is 2.08. The van der Waals surface area contributed by atoms with E-state index in [1.807, 2.05) is 22.9 Å².